The predicted molar refractivity (Wildman–Crippen MR) is 125 cm³/mol. The molecule has 0 atom stereocenters. The summed E-state index contributed by atoms with van der Waals surface area (Å²) in [6.45, 7) is 4.77. The molecule has 0 fully saturated rings. The fourth-order valence-electron chi connectivity index (χ4n) is 3.50. The van der Waals surface area contributed by atoms with E-state index in [0.29, 0.717) is 24.7 Å². The van der Waals surface area contributed by atoms with Gasteiger partial charge in [0.2, 0.25) is 5.88 Å². The fraction of sp³-hybridized carbons (Fsp3) is 0.280. The van der Waals surface area contributed by atoms with E-state index in [9.17, 15) is 4.79 Å². The first-order valence-electron chi connectivity index (χ1n) is 10.7. The second-order valence-electron chi connectivity index (χ2n) is 8.22. The summed E-state index contributed by atoms with van der Waals surface area (Å²) in [5.74, 6) is 0.130. The van der Waals surface area contributed by atoms with Crippen LogP contribution in [0.25, 0.3) is 10.9 Å². The maximum Gasteiger partial charge on any atom is 0.263 e. The minimum absolute atomic E-state index is 0.265. The van der Waals surface area contributed by atoms with Crippen molar-refractivity contribution in [2.24, 2.45) is 0 Å². The van der Waals surface area contributed by atoms with Crippen LogP contribution in [0.5, 0.6) is 5.88 Å². The number of nitrogens with one attached hydrogen (secondary N) is 1. The first-order valence-corrected chi connectivity index (χ1v) is 10.7. The van der Waals surface area contributed by atoms with Crippen LogP contribution in [0.2, 0.25) is 0 Å². The number of methoxy groups -OCH3 is 1. The molecule has 8 heteroatoms. The Morgan fingerprint density at radius 2 is 1.91 bits per heavy atom. The summed E-state index contributed by atoms with van der Waals surface area (Å²) in [6.07, 6.45) is 4.80. The smallest absolute Gasteiger partial charge is 0.263 e. The van der Waals surface area contributed by atoms with E-state index in [2.05, 4.69) is 27.4 Å². The summed E-state index contributed by atoms with van der Waals surface area (Å²) in [5, 5.41) is 8.42. The summed E-state index contributed by atoms with van der Waals surface area (Å²) in [5.41, 5.74) is 2.56. The maximum atomic E-state index is 12.9. The Kier molecular flexibility index (Phi) is 6.65. The highest BCUT2D eigenvalue weighted by Gasteiger charge is 2.32. The third kappa shape index (κ3) is 5.35. The highest BCUT2D eigenvalue weighted by atomic mass is 16.5. The Balaban J connectivity index is 1.60. The van der Waals surface area contributed by atoms with E-state index in [0.717, 1.165) is 22.0 Å². The summed E-state index contributed by atoms with van der Waals surface area (Å²) < 4.78 is 13.4. The molecule has 170 valence electrons. The molecule has 4 aromatic rings. The van der Waals surface area contributed by atoms with Gasteiger partial charge in [0.25, 0.3) is 5.91 Å². The number of amides is 1. The second kappa shape index (κ2) is 9.79. The Morgan fingerprint density at radius 1 is 1.09 bits per heavy atom. The molecule has 0 spiro atoms. The molecule has 33 heavy (non-hydrogen) atoms. The van der Waals surface area contributed by atoms with Gasteiger partial charge in [0, 0.05) is 19.5 Å². The lowest BCUT2D eigenvalue weighted by Gasteiger charge is -2.24. The zero-order valence-electron chi connectivity index (χ0n) is 19.0. The van der Waals surface area contributed by atoms with Gasteiger partial charge >= 0.3 is 0 Å². The molecule has 0 aliphatic heterocycles. The van der Waals surface area contributed by atoms with E-state index >= 15 is 0 Å². The zero-order chi connectivity index (χ0) is 23.3. The minimum Gasteiger partial charge on any atom is -0.460 e. The predicted octanol–water partition coefficient (Wildman–Crippen LogP) is 3.49. The molecule has 0 radical (unpaired) electrons. The number of ether oxygens (including phenoxy) is 2. The third-order valence-electron chi connectivity index (χ3n) is 5.21. The molecule has 1 amide bonds. The van der Waals surface area contributed by atoms with E-state index in [4.69, 9.17) is 14.6 Å². The van der Waals surface area contributed by atoms with Crippen molar-refractivity contribution in [1.29, 1.82) is 0 Å². The van der Waals surface area contributed by atoms with Crippen LogP contribution in [0.1, 0.15) is 30.7 Å². The molecular formula is C25H27N5O3. The average molecular weight is 446 g/mol. The molecule has 0 bridgehead atoms. The minimum atomic E-state index is -1.15. The Hall–Kier alpha value is -3.78. The largest absolute Gasteiger partial charge is 0.460 e. The summed E-state index contributed by atoms with van der Waals surface area (Å²) >= 11 is 0. The number of fused-ring (bicyclic) bond motifs is 1. The van der Waals surface area contributed by atoms with Crippen LogP contribution in [0.3, 0.4) is 0 Å². The van der Waals surface area contributed by atoms with Gasteiger partial charge in [0.05, 0.1) is 42.5 Å². The van der Waals surface area contributed by atoms with Gasteiger partial charge in [0.15, 0.2) is 5.60 Å². The van der Waals surface area contributed by atoms with Crippen molar-refractivity contribution in [2.75, 3.05) is 7.11 Å². The molecule has 2 aromatic carbocycles. The Bertz CT molecular complexity index is 1220. The lowest BCUT2D eigenvalue weighted by Crippen LogP contribution is -2.46. The van der Waals surface area contributed by atoms with Crippen molar-refractivity contribution in [2.45, 2.75) is 39.1 Å². The van der Waals surface area contributed by atoms with Crippen LogP contribution in [0.4, 0.5) is 0 Å². The van der Waals surface area contributed by atoms with Crippen LogP contribution in [-0.4, -0.2) is 38.4 Å². The van der Waals surface area contributed by atoms with Gasteiger partial charge in [0.1, 0.15) is 0 Å². The standard InChI is InChI=1S/C25H27N5O3/c1-25(2,24(31)28-15-20-14-26-11-12-27-20)33-23-21-13-19(17-32-3)9-10-22(21)30(29-23)16-18-7-5-4-6-8-18/h4-14H,15-17H2,1-3H3,(H,28,31). The topological polar surface area (TPSA) is 91.2 Å². The highest BCUT2D eigenvalue weighted by Crippen LogP contribution is 2.30. The van der Waals surface area contributed by atoms with Gasteiger partial charge in [-0.15, -0.1) is 5.10 Å². The molecular weight excluding hydrogens is 418 g/mol. The van der Waals surface area contributed by atoms with E-state index in [-0.39, 0.29) is 12.5 Å². The fourth-order valence-corrected chi connectivity index (χ4v) is 3.50. The number of carbonyl (C=O) groups excluding carboxylic acids is 1. The van der Waals surface area contributed by atoms with Crippen molar-refractivity contribution in [3.05, 3.63) is 83.9 Å². The number of hydrogen-bond donors (Lipinski definition) is 1. The van der Waals surface area contributed by atoms with E-state index in [1.54, 1.807) is 39.5 Å². The first kappa shape index (κ1) is 22.4. The maximum absolute atomic E-state index is 12.9. The van der Waals surface area contributed by atoms with E-state index in [1.165, 1.54) is 0 Å². The van der Waals surface area contributed by atoms with Crippen LogP contribution in [-0.2, 0) is 29.2 Å². The van der Waals surface area contributed by atoms with Crippen LogP contribution < -0.4 is 10.1 Å². The third-order valence-corrected chi connectivity index (χ3v) is 5.21. The lowest BCUT2D eigenvalue weighted by atomic mass is 10.1. The van der Waals surface area contributed by atoms with Crippen LogP contribution in [0, 0.1) is 0 Å². The summed E-state index contributed by atoms with van der Waals surface area (Å²) in [7, 11) is 1.66. The number of hydrogen-bond acceptors (Lipinski definition) is 6. The normalized spacial score (nSPS) is 11.5. The van der Waals surface area contributed by atoms with Crippen LogP contribution >= 0.6 is 0 Å². The second-order valence-corrected chi connectivity index (χ2v) is 8.22. The lowest BCUT2D eigenvalue weighted by molar-refractivity contribution is -0.134. The Labute approximate surface area is 192 Å². The van der Waals surface area contributed by atoms with Gasteiger partial charge in [-0.1, -0.05) is 36.4 Å². The van der Waals surface area contributed by atoms with E-state index < -0.39 is 5.60 Å². The number of nitrogens with zero attached hydrogens (tertiary/aromatic N) is 4. The molecule has 1 N–H and O–H groups in total. The monoisotopic (exact) mass is 445 g/mol. The molecule has 0 saturated carbocycles. The van der Waals surface area contributed by atoms with Crippen molar-refractivity contribution in [3.8, 4) is 5.88 Å². The van der Waals surface area contributed by atoms with Gasteiger partial charge in [-0.05, 0) is 37.1 Å². The molecule has 8 nitrogen and oxygen atoms in total. The van der Waals surface area contributed by atoms with Gasteiger partial charge < -0.3 is 14.8 Å². The molecule has 0 aliphatic rings. The van der Waals surface area contributed by atoms with Crippen molar-refractivity contribution < 1.29 is 14.3 Å². The van der Waals surface area contributed by atoms with Gasteiger partial charge in [-0.2, -0.15) is 0 Å². The van der Waals surface area contributed by atoms with Crippen LogP contribution in [0.15, 0.2) is 67.1 Å². The molecule has 0 saturated heterocycles. The SMILES string of the molecule is COCc1ccc2c(c1)c(OC(C)(C)C(=O)NCc1cnccn1)nn2Cc1ccccc1. The molecule has 2 heterocycles. The number of aromatic nitrogens is 4. The number of benzene rings is 2. The molecule has 0 aliphatic carbocycles. The van der Waals surface area contributed by atoms with Gasteiger partial charge in [-0.25, -0.2) is 0 Å². The summed E-state index contributed by atoms with van der Waals surface area (Å²) in [4.78, 5) is 21.1. The quantitative estimate of drug-likeness (QED) is 0.424. The average Bonchev–Trinajstić information content (AvgIpc) is 3.14. The number of rotatable bonds is 9. The van der Waals surface area contributed by atoms with E-state index in [1.807, 2.05) is 41.1 Å². The van der Waals surface area contributed by atoms with Crippen molar-refractivity contribution in [1.82, 2.24) is 25.1 Å². The highest BCUT2D eigenvalue weighted by molar-refractivity contribution is 5.88. The molecule has 2 aromatic heterocycles. The first-order chi connectivity index (χ1) is 16.0. The van der Waals surface area contributed by atoms with Crippen molar-refractivity contribution >= 4 is 16.8 Å². The van der Waals surface area contributed by atoms with Crippen molar-refractivity contribution in [3.63, 3.8) is 0 Å². The number of carbonyl (C=O) groups is 1. The molecule has 4 rings (SSSR count). The van der Waals surface area contributed by atoms with Gasteiger partial charge in [-0.3, -0.25) is 19.4 Å². The molecule has 0 unspecified atom stereocenters. The Morgan fingerprint density at radius 3 is 2.64 bits per heavy atom. The zero-order valence-corrected chi connectivity index (χ0v) is 19.0. The summed E-state index contributed by atoms with van der Waals surface area (Å²) in [6, 6.07) is 16.1.